The Kier molecular flexibility index (Phi) is 5.14. The minimum Gasteiger partial charge on any atom is -0.271 e. The number of hydrogen-bond acceptors (Lipinski definition) is 3. The third-order valence-corrected chi connectivity index (χ3v) is 6.31. The highest BCUT2D eigenvalue weighted by Gasteiger charge is 2.16. The van der Waals surface area contributed by atoms with Gasteiger partial charge in [-0.3, -0.25) is 11.3 Å². The van der Waals surface area contributed by atoms with E-state index in [2.05, 4.69) is 37.3 Å². The van der Waals surface area contributed by atoms with Crippen LogP contribution in [0, 0.1) is 12.7 Å². The summed E-state index contributed by atoms with van der Waals surface area (Å²) in [5.74, 6) is 5.44. The molecule has 0 bridgehead atoms. The summed E-state index contributed by atoms with van der Waals surface area (Å²) in [5.41, 5.74) is 4.85. The van der Waals surface area contributed by atoms with Crippen molar-refractivity contribution < 1.29 is 4.39 Å². The van der Waals surface area contributed by atoms with Gasteiger partial charge in [0.15, 0.2) is 0 Å². The Morgan fingerprint density at radius 3 is 2.63 bits per heavy atom. The molecule has 0 aliphatic heterocycles. The van der Waals surface area contributed by atoms with Crippen LogP contribution >= 0.6 is 43.2 Å². The average Bonchev–Trinajstić information content (AvgIpc) is 2.68. The zero-order valence-corrected chi connectivity index (χ0v) is 14.2. The maximum Gasteiger partial charge on any atom is 0.123 e. The van der Waals surface area contributed by atoms with E-state index in [1.165, 1.54) is 6.07 Å². The van der Waals surface area contributed by atoms with Gasteiger partial charge in [-0.05, 0) is 74.5 Å². The maximum absolute atomic E-state index is 13.1. The smallest absolute Gasteiger partial charge is 0.123 e. The lowest BCUT2D eigenvalue weighted by Gasteiger charge is -2.15. The summed E-state index contributed by atoms with van der Waals surface area (Å²) in [5, 5.41) is 0. The van der Waals surface area contributed by atoms with Gasteiger partial charge in [-0.1, -0.05) is 6.07 Å². The Morgan fingerprint density at radius 1 is 1.37 bits per heavy atom. The molecule has 3 N–H and O–H groups in total. The van der Waals surface area contributed by atoms with Crippen LogP contribution in [0.25, 0.3) is 0 Å². The van der Waals surface area contributed by atoms with E-state index in [-0.39, 0.29) is 11.9 Å². The molecule has 2 aromatic rings. The van der Waals surface area contributed by atoms with Crippen LogP contribution in [0.2, 0.25) is 0 Å². The van der Waals surface area contributed by atoms with Crippen molar-refractivity contribution in [2.75, 3.05) is 0 Å². The number of hydrazine groups is 1. The van der Waals surface area contributed by atoms with Crippen LogP contribution in [-0.4, -0.2) is 0 Å². The molecule has 6 heteroatoms. The van der Waals surface area contributed by atoms with Crippen molar-refractivity contribution >= 4 is 43.2 Å². The molecule has 1 atom stereocenters. The number of halogens is 3. The largest absolute Gasteiger partial charge is 0.271 e. The Morgan fingerprint density at radius 2 is 2.11 bits per heavy atom. The van der Waals surface area contributed by atoms with E-state index in [0.717, 1.165) is 30.7 Å². The van der Waals surface area contributed by atoms with E-state index in [1.54, 1.807) is 17.4 Å². The molecule has 102 valence electrons. The van der Waals surface area contributed by atoms with Gasteiger partial charge in [0, 0.05) is 9.35 Å². The van der Waals surface area contributed by atoms with Crippen LogP contribution in [0.5, 0.6) is 0 Å². The summed E-state index contributed by atoms with van der Waals surface area (Å²) in [6.45, 7) is 1.91. The maximum atomic E-state index is 13.1. The fourth-order valence-corrected chi connectivity index (χ4v) is 4.03. The van der Waals surface area contributed by atoms with Crippen molar-refractivity contribution in [3.05, 3.63) is 54.3 Å². The minimum absolute atomic E-state index is 0.0109. The van der Waals surface area contributed by atoms with Crippen LogP contribution in [-0.2, 0) is 6.42 Å². The molecule has 0 spiro atoms. The Bertz CT molecular complexity index is 567. The number of nitrogens with two attached hydrogens (primary N) is 1. The van der Waals surface area contributed by atoms with Crippen molar-refractivity contribution in [2.24, 2.45) is 5.84 Å². The van der Waals surface area contributed by atoms with Crippen LogP contribution in [0.1, 0.15) is 22.0 Å². The molecular formula is C13H13Br2FN2S. The van der Waals surface area contributed by atoms with E-state index >= 15 is 0 Å². The molecule has 0 amide bonds. The highest BCUT2D eigenvalue weighted by atomic mass is 79.9. The SMILES string of the molecule is Cc1cc(F)ccc1CC(NN)c1cc(Br)c(Br)s1. The van der Waals surface area contributed by atoms with Crippen molar-refractivity contribution in [1.29, 1.82) is 0 Å². The molecule has 0 radical (unpaired) electrons. The summed E-state index contributed by atoms with van der Waals surface area (Å²) in [7, 11) is 0. The summed E-state index contributed by atoms with van der Waals surface area (Å²) in [6, 6.07) is 6.89. The zero-order valence-electron chi connectivity index (χ0n) is 10.2. The number of benzene rings is 1. The first-order chi connectivity index (χ1) is 9.01. The van der Waals surface area contributed by atoms with Crippen LogP contribution in [0.4, 0.5) is 4.39 Å². The van der Waals surface area contributed by atoms with Crippen LogP contribution in [0.15, 0.2) is 32.5 Å². The van der Waals surface area contributed by atoms with Crippen molar-refractivity contribution in [1.82, 2.24) is 5.43 Å². The van der Waals surface area contributed by atoms with Gasteiger partial charge in [-0.25, -0.2) is 4.39 Å². The monoisotopic (exact) mass is 406 g/mol. The van der Waals surface area contributed by atoms with E-state index in [4.69, 9.17) is 5.84 Å². The molecule has 1 aromatic heterocycles. The molecule has 0 aliphatic carbocycles. The van der Waals surface area contributed by atoms with E-state index in [1.807, 2.05) is 19.1 Å². The highest BCUT2D eigenvalue weighted by Crippen LogP contribution is 2.36. The lowest BCUT2D eigenvalue weighted by molar-refractivity contribution is 0.557. The third-order valence-electron chi connectivity index (χ3n) is 2.94. The van der Waals surface area contributed by atoms with Gasteiger partial charge in [-0.2, -0.15) is 0 Å². The molecule has 19 heavy (non-hydrogen) atoms. The Hall–Kier alpha value is -0.270. The van der Waals surface area contributed by atoms with E-state index in [0.29, 0.717) is 0 Å². The summed E-state index contributed by atoms with van der Waals surface area (Å²) < 4.78 is 15.2. The second-order valence-corrected chi connectivity index (χ2v) is 7.52. The van der Waals surface area contributed by atoms with Gasteiger partial charge in [-0.15, -0.1) is 11.3 Å². The number of nitrogens with one attached hydrogen (secondary N) is 1. The summed E-state index contributed by atoms with van der Waals surface area (Å²) in [6.07, 6.45) is 0.724. The number of hydrogen-bond donors (Lipinski definition) is 2. The average molecular weight is 408 g/mol. The molecule has 2 rings (SSSR count). The Balaban J connectivity index is 2.23. The topological polar surface area (TPSA) is 38.0 Å². The van der Waals surface area contributed by atoms with Gasteiger partial charge >= 0.3 is 0 Å². The standard InChI is InChI=1S/C13H13Br2FN2S/c1-7-4-9(16)3-2-8(7)5-11(18-17)12-6-10(14)13(15)19-12/h2-4,6,11,18H,5,17H2,1H3. The fourth-order valence-electron chi connectivity index (χ4n) is 1.88. The van der Waals surface area contributed by atoms with Gasteiger partial charge in [0.2, 0.25) is 0 Å². The minimum atomic E-state index is -0.208. The molecule has 0 saturated carbocycles. The first-order valence-corrected chi connectivity index (χ1v) is 8.07. The quantitative estimate of drug-likeness (QED) is 0.579. The molecule has 2 nitrogen and oxygen atoms in total. The number of thiophene rings is 1. The van der Waals surface area contributed by atoms with E-state index < -0.39 is 0 Å². The molecule has 1 aromatic carbocycles. The van der Waals surface area contributed by atoms with Gasteiger partial charge in [0.05, 0.1) is 9.83 Å². The molecule has 0 fully saturated rings. The third kappa shape index (κ3) is 3.64. The second-order valence-electron chi connectivity index (χ2n) is 4.26. The van der Waals surface area contributed by atoms with Crippen LogP contribution in [0.3, 0.4) is 0 Å². The molecule has 1 heterocycles. The lowest BCUT2D eigenvalue weighted by atomic mass is 10.0. The molecule has 0 aliphatic rings. The van der Waals surface area contributed by atoms with Gasteiger partial charge in [0.25, 0.3) is 0 Å². The molecule has 1 unspecified atom stereocenters. The molecular weight excluding hydrogens is 395 g/mol. The first kappa shape index (κ1) is 15.1. The lowest BCUT2D eigenvalue weighted by Crippen LogP contribution is -2.29. The Labute approximate surface area is 132 Å². The summed E-state index contributed by atoms with van der Waals surface area (Å²) >= 11 is 8.57. The van der Waals surface area contributed by atoms with Crippen LogP contribution < -0.4 is 11.3 Å². The van der Waals surface area contributed by atoms with Gasteiger partial charge < -0.3 is 0 Å². The van der Waals surface area contributed by atoms with Crippen molar-refractivity contribution in [3.8, 4) is 0 Å². The summed E-state index contributed by atoms with van der Waals surface area (Å²) in [4.78, 5) is 1.13. The van der Waals surface area contributed by atoms with Gasteiger partial charge in [0.1, 0.15) is 5.82 Å². The van der Waals surface area contributed by atoms with E-state index in [9.17, 15) is 4.39 Å². The highest BCUT2D eigenvalue weighted by molar-refractivity contribution is 9.13. The second kappa shape index (κ2) is 6.45. The number of rotatable bonds is 4. The first-order valence-electron chi connectivity index (χ1n) is 5.67. The predicted octanol–water partition coefficient (Wildman–Crippen LogP) is 4.47. The normalized spacial score (nSPS) is 12.7. The van der Waals surface area contributed by atoms with Crippen molar-refractivity contribution in [3.63, 3.8) is 0 Å². The predicted molar refractivity (Wildman–Crippen MR) is 84.6 cm³/mol. The molecule has 0 saturated heterocycles. The van der Waals surface area contributed by atoms with Crippen molar-refractivity contribution in [2.45, 2.75) is 19.4 Å². The number of aryl methyl sites for hydroxylation is 1. The fraction of sp³-hybridized carbons (Fsp3) is 0.231. The zero-order chi connectivity index (χ0) is 14.0.